The van der Waals surface area contributed by atoms with E-state index in [1.54, 1.807) is 6.20 Å². The van der Waals surface area contributed by atoms with Crippen LogP contribution in [0.3, 0.4) is 0 Å². The highest BCUT2D eigenvalue weighted by molar-refractivity contribution is 7.93. The first kappa shape index (κ1) is 21.4. The fraction of sp³-hybridized carbons (Fsp3) is 0.304. The molecule has 1 aliphatic carbocycles. The fourth-order valence-electron chi connectivity index (χ4n) is 3.70. The second-order valence-corrected chi connectivity index (χ2v) is 10.0. The van der Waals surface area contributed by atoms with Crippen LogP contribution < -0.4 is 5.56 Å². The lowest BCUT2D eigenvalue weighted by Gasteiger charge is -2.20. The van der Waals surface area contributed by atoms with Gasteiger partial charge in [0, 0.05) is 41.9 Å². The lowest BCUT2D eigenvalue weighted by atomic mass is 9.99. The number of sulfone groups is 1. The molecule has 162 valence electrons. The van der Waals surface area contributed by atoms with E-state index < -0.39 is 27.5 Å². The van der Waals surface area contributed by atoms with Crippen molar-refractivity contribution in [3.8, 4) is 11.1 Å². The van der Waals surface area contributed by atoms with E-state index in [4.69, 9.17) is 0 Å². The fourth-order valence-corrected chi connectivity index (χ4v) is 4.15. The molecule has 2 aromatic heterocycles. The number of alkyl halides is 2. The molecule has 0 bridgehead atoms. The molecule has 1 saturated carbocycles. The maximum Gasteiger partial charge on any atom is 0.286 e. The molecule has 0 radical (unpaired) electrons. The Morgan fingerprint density at radius 1 is 1.19 bits per heavy atom. The largest absolute Gasteiger partial charge is 0.307 e. The quantitative estimate of drug-likeness (QED) is 0.553. The van der Waals surface area contributed by atoms with Crippen LogP contribution >= 0.6 is 0 Å². The number of halogens is 2. The molecule has 1 aliphatic rings. The number of rotatable bonds is 6. The summed E-state index contributed by atoms with van der Waals surface area (Å²) in [4.78, 5) is 17.2. The van der Waals surface area contributed by atoms with Crippen LogP contribution in [-0.2, 0) is 15.8 Å². The summed E-state index contributed by atoms with van der Waals surface area (Å²) < 4.78 is 52.7. The number of nitrogens with zero attached hydrogens (tertiary/aromatic N) is 2. The Morgan fingerprint density at radius 2 is 1.87 bits per heavy atom. The van der Waals surface area contributed by atoms with E-state index in [0.29, 0.717) is 10.9 Å². The van der Waals surface area contributed by atoms with Crippen LogP contribution in [0, 0.1) is 5.92 Å². The van der Waals surface area contributed by atoms with Gasteiger partial charge in [-0.1, -0.05) is 36.4 Å². The third-order valence-corrected chi connectivity index (χ3v) is 6.06. The Morgan fingerprint density at radius 3 is 2.45 bits per heavy atom. The average Bonchev–Trinajstić information content (AvgIpc) is 3.53. The summed E-state index contributed by atoms with van der Waals surface area (Å²) in [6.07, 6.45) is 7.23. The molecule has 1 fully saturated rings. The number of fused-ring (bicyclic) bond motifs is 1. The Balaban J connectivity index is 2.01. The molecule has 1 atom stereocenters. The van der Waals surface area contributed by atoms with Crippen molar-refractivity contribution in [1.82, 2.24) is 9.55 Å². The third-order valence-electron chi connectivity index (χ3n) is 5.41. The van der Waals surface area contributed by atoms with Gasteiger partial charge >= 0.3 is 0 Å². The molecule has 31 heavy (non-hydrogen) atoms. The van der Waals surface area contributed by atoms with Crippen molar-refractivity contribution in [3.63, 3.8) is 0 Å². The van der Waals surface area contributed by atoms with Crippen LogP contribution in [-0.4, -0.2) is 24.2 Å². The van der Waals surface area contributed by atoms with Crippen molar-refractivity contribution in [3.05, 3.63) is 76.3 Å². The maximum absolute atomic E-state index is 13.9. The number of hydrogen-bond donors (Lipinski definition) is 0. The molecule has 0 spiro atoms. The molecule has 4 rings (SSSR count). The first-order chi connectivity index (χ1) is 14.5. The zero-order valence-electron chi connectivity index (χ0n) is 17.1. The number of hydrogen-bond acceptors (Lipinski definition) is 4. The molecule has 0 aliphatic heterocycles. The summed E-state index contributed by atoms with van der Waals surface area (Å²) in [5, 5.41) is 1.72. The maximum atomic E-state index is 13.9. The van der Waals surface area contributed by atoms with Gasteiger partial charge in [-0.3, -0.25) is 9.78 Å². The van der Waals surface area contributed by atoms with Gasteiger partial charge in [-0.15, -0.1) is 0 Å². The Bertz CT molecular complexity index is 1320. The summed E-state index contributed by atoms with van der Waals surface area (Å²) in [6.45, 7) is 0.768. The Hall–Kier alpha value is -2.87. The predicted molar refractivity (Wildman–Crippen MR) is 117 cm³/mol. The summed E-state index contributed by atoms with van der Waals surface area (Å²) in [5.41, 5.74) is 0.578. The van der Waals surface area contributed by atoms with Crippen LogP contribution in [0.4, 0.5) is 8.78 Å². The Labute approximate surface area is 179 Å². The van der Waals surface area contributed by atoms with Gasteiger partial charge in [-0.2, -0.15) is 8.78 Å². The summed E-state index contributed by atoms with van der Waals surface area (Å²) in [7, 11) is -3.36. The van der Waals surface area contributed by atoms with Crippen LogP contribution in [0.2, 0.25) is 0 Å². The molecular formula is C23H22F2N2O3S. The van der Waals surface area contributed by atoms with Crippen LogP contribution in [0.15, 0.2) is 65.1 Å². The van der Waals surface area contributed by atoms with Gasteiger partial charge in [-0.25, -0.2) is 8.42 Å². The highest BCUT2D eigenvalue weighted by Crippen LogP contribution is 2.41. The van der Waals surface area contributed by atoms with E-state index in [1.807, 2.05) is 30.3 Å². The van der Waals surface area contributed by atoms with E-state index in [0.717, 1.165) is 37.0 Å². The second-order valence-electron chi connectivity index (χ2n) is 8.11. The normalized spacial score (nSPS) is 16.1. The van der Waals surface area contributed by atoms with E-state index in [1.165, 1.54) is 22.9 Å². The molecule has 0 N–H and O–H groups in total. The van der Waals surface area contributed by atoms with E-state index in [2.05, 4.69) is 4.98 Å². The lowest BCUT2D eigenvalue weighted by Crippen LogP contribution is -2.26. The Kier molecular flexibility index (Phi) is 5.29. The lowest BCUT2D eigenvalue weighted by molar-refractivity contribution is 0.0129. The first-order valence-electron chi connectivity index (χ1n) is 9.91. The van der Waals surface area contributed by atoms with Crippen molar-refractivity contribution < 1.29 is 17.2 Å². The number of allylic oxidation sites excluding steroid dienone is 1. The van der Waals surface area contributed by atoms with Crippen molar-refractivity contribution in [1.29, 1.82) is 0 Å². The highest BCUT2D eigenvalue weighted by atomic mass is 32.2. The molecule has 2 heterocycles. The first-order valence-corrected chi connectivity index (χ1v) is 11.9. The van der Waals surface area contributed by atoms with Gasteiger partial charge in [0.25, 0.3) is 11.5 Å². The van der Waals surface area contributed by atoms with E-state index >= 15 is 0 Å². The molecule has 3 aromatic rings. The minimum atomic E-state index is -3.36. The number of benzene rings is 1. The monoisotopic (exact) mass is 444 g/mol. The topological polar surface area (TPSA) is 69.0 Å². The van der Waals surface area contributed by atoms with Gasteiger partial charge in [0.15, 0.2) is 9.84 Å². The van der Waals surface area contributed by atoms with Crippen molar-refractivity contribution in [2.24, 2.45) is 5.92 Å². The molecule has 1 aromatic carbocycles. The SMILES string of the molecule is CC(F)(F)c1cc2c(-c3ccccc3)cn([C@@H](/C=C/S(C)(=O)=O)C3CC3)c(=O)c2cn1. The van der Waals surface area contributed by atoms with Gasteiger partial charge < -0.3 is 4.57 Å². The number of pyridine rings is 2. The third kappa shape index (κ3) is 4.58. The van der Waals surface area contributed by atoms with Gasteiger partial charge in [0.2, 0.25) is 0 Å². The summed E-state index contributed by atoms with van der Waals surface area (Å²) >= 11 is 0. The standard InChI is InChI=1S/C23H22F2N2O3S/c1-23(24,25)21-12-17-18(13-26-21)22(28)27(14-19(17)15-6-4-3-5-7-15)20(16-8-9-16)10-11-31(2,29)30/h3-7,10-14,16,20H,8-9H2,1-2H3/b11-10+/t20-/m0/s1. The van der Waals surface area contributed by atoms with Crippen molar-refractivity contribution in [2.45, 2.75) is 31.7 Å². The smallest absolute Gasteiger partial charge is 0.286 e. The second kappa shape index (κ2) is 7.67. The van der Waals surface area contributed by atoms with E-state index in [9.17, 15) is 22.0 Å². The highest BCUT2D eigenvalue weighted by Gasteiger charge is 2.33. The zero-order valence-corrected chi connectivity index (χ0v) is 17.9. The van der Waals surface area contributed by atoms with Gasteiger partial charge in [0.1, 0.15) is 5.69 Å². The summed E-state index contributed by atoms with van der Waals surface area (Å²) in [5.74, 6) is -3.00. The molecular weight excluding hydrogens is 422 g/mol. The van der Waals surface area contributed by atoms with Gasteiger partial charge in [0.05, 0.1) is 11.4 Å². The summed E-state index contributed by atoms with van der Waals surface area (Å²) in [6, 6.07) is 10.0. The van der Waals surface area contributed by atoms with Gasteiger partial charge in [-0.05, 0) is 30.4 Å². The van der Waals surface area contributed by atoms with Crippen LogP contribution in [0.25, 0.3) is 21.9 Å². The number of aromatic nitrogens is 2. The molecule has 0 saturated heterocycles. The minimum Gasteiger partial charge on any atom is -0.307 e. The average molecular weight is 445 g/mol. The molecule has 0 amide bonds. The molecule has 0 unspecified atom stereocenters. The van der Waals surface area contributed by atoms with Crippen molar-refractivity contribution >= 4 is 20.6 Å². The zero-order chi connectivity index (χ0) is 22.4. The molecule has 5 nitrogen and oxygen atoms in total. The molecule has 8 heteroatoms. The van der Waals surface area contributed by atoms with E-state index in [-0.39, 0.29) is 16.9 Å². The van der Waals surface area contributed by atoms with Crippen LogP contribution in [0.5, 0.6) is 0 Å². The minimum absolute atomic E-state index is 0.143. The van der Waals surface area contributed by atoms with Crippen molar-refractivity contribution in [2.75, 3.05) is 6.26 Å². The van der Waals surface area contributed by atoms with Crippen LogP contribution in [0.1, 0.15) is 31.5 Å². The predicted octanol–water partition coefficient (Wildman–Crippen LogP) is 4.68.